The number of esters is 1. The van der Waals surface area contributed by atoms with Gasteiger partial charge >= 0.3 is 12.0 Å². The zero-order valence-corrected chi connectivity index (χ0v) is 23.1. The van der Waals surface area contributed by atoms with Crippen molar-refractivity contribution >= 4 is 29.3 Å². The van der Waals surface area contributed by atoms with Crippen molar-refractivity contribution in [3.63, 3.8) is 0 Å². The second-order valence-corrected chi connectivity index (χ2v) is 10.1. The molecule has 5 rings (SSSR count). The lowest BCUT2D eigenvalue weighted by molar-refractivity contribution is -0.147. The van der Waals surface area contributed by atoms with Crippen LogP contribution in [0.3, 0.4) is 0 Å². The normalized spacial score (nSPS) is 13.0. The van der Waals surface area contributed by atoms with Gasteiger partial charge in [0.25, 0.3) is 5.91 Å². The van der Waals surface area contributed by atoms with Gasteiger partial charge in [0.2, 0.25) is 0 Å². The number of ether oxygens (including phenoxy) is 2. The highest BCUT2D eigenvalue weighted by Gasteiger charge is 2.38. The molecule has 0 bridgehead atoms. The van der Waals surface area contributed by atoms with Gasteiger partial charge in [-0.05, 0) is 65.1 Å². The molecule has 3 amide bonds. The Bertz CT molecular complexity index is 1570. The first-order valence-electron chi connectivity index (χ1n) is 13.4. The number of para-hydroxylation sites is 3. The number of rotatable bonds is 8. The Morgan fingerprint density at radius 1 is 0.829 bits per heavy atom. The third-order valence-corrected chi connectivity index (χ3v) is 6.93. The third kappa shape index (κ3) is 6.06. The molecule has 208 valence electrons. The Kier molecular flexibility index (Phi) is 8.01. The van der Waals surface area contributed by atoms with Crippen molar-refractivity contribution in [3.8, 4) is 22.6 Å². The van der Waals surface area contributed by atoms with Gasteiger partial charge in [0.05, 0.1) is 12.8 Å². The molecule has 0 saturated heterocycles. The number of amides is 3. The maximum atomic E-state index is 13.3. The summed E-state index contributed by atoms with van der Waals surface area (Å²) in [6.45, 7) is 4.16. The van der Waals surface area contributed by atoms with Gasteiger partial charge in [-0.1, -0.05) is 68.4 Å². The van der Waals surface area contributed by atoms with E-state index in [1.165, 1.54) is 7.11 Å². The number of hydrogen-bond acceptors (Lipinski definition) is 5. The van der Waals surface area contributed by atoms with Gasteiger partial charge in [-0.2, -0.15) is 0 Å². The Balaban J connectivity index is 1.26. The van der Waals surface area contributed by atoms with E-state index in [9.17, 15) is 14.4 Å². The fraction of sp³-hybridized carbons (Fsp3) is 0.182. The standard InChI is InChI=1S/C33H31N3O5/c1-21(2)30(32(38)40-3)36-20-24-14-13-23(19-27(24)31(36)37)22-15-17-25(18-16-22)34-33(39)35-28-11-7-8-12-29(28)41-26-9-5-4-6-10-26/h4-19,21,30H,20H2,1-3H3,(H2,34,35,39). The Morgan fingerprint density at radius 3 is 2.22 bits per heavy atom. The molecule has 1 unspecified atom stereocenters. The van der Waals surface area contributed by atoms with Crippen molar-refractivity contribution in [2.75, 3.05) is 17.7 Å². The highest BCUT2D eigenvalue weighted by atomic mass is 16.5. The number of hydrogen-bond donors (Lipinski definition) is 2. The molecule has 0 aliphatic carbocycles. The zero-order valence-electron chi connectivity index (χ0n) is 23.1. The minimum atomic E-state index is -0.642. The summed E-state index contributed by atoms with van der Waals surface area (Å²) < 4.78 is 10.9. The van der Waals surface area contributed by atoms with Crippen LogP contribution in [-0.2, 0) is 16.1 Å². The highest BCUT2D eigenvalue weighted by molar-refractivity contribution is 6.02. The molecule has 1 aliphatic heterocycles. The molecular formula is C33H31N3O5. The summed E-state index contributed by atoms with van der Waals surface area (Å²) >= 11 is 0. The minimum absolute atomic E-state index is 0.0812. The Hall–Kier alpha value is -5.11. The summed E-state index contributed by atoms with van der Waals surface area (Å²) in [6.07, 6.45) is 0. The van der Waals surface area contributed by atoms with E-state index in [-0.39, 0.29) is 11.8 Å². The molecule has 0 radical (unpaired) electrons. The Labute approximate surface area is 238 Å². The molecule has 8 heteroatoms. The minimum Gasteiger partial charge on any atom is -0.467 e. The van der Waals surface area contributed by atoms with Gasteiger partial charge in [-0.25, -0.2) is 9.59 Å². The van der Waals surface area contributed by atoms with Crippen LogP contribution in [-0.4, -0.2) is 36.0 Å². The molecule has 4 aromatic rings. The van der Waals surface area contributed by atoms with E-state index >= 15 is 0 Å². The van der Waals surface area contributed by atoms with Gasteiger partial charge in [-0.3, -0.25) is 4.79 Å². The van der Waals surface area contributed by atoms with Gasteiger partial charge in [0.15, 0.2) is 5.75 Å². The summed E-state index contributed by atoms with van der Waals surface area (Å²) in [6, 6.07) is 28.6. The fourth-order valence-corrected chi connectivity index (χ4v) is 4.91. The van der Waals surface area contributed by atoms with Crippen LogP contribution < -0.4 is 15.4 Å². The van der Waals surface area contributed by atoms with Crippen LogP contribution in [0.25, 0.3) is 11.1 Å². The molecule has 0 saturated carbocycles. The number of nitrogens with one attached hydrogen (secondary N) is 2. The quantitative estimate of drug-likeness (QED) is 0.232. The molecule has 1 atom stereocenters. The van der Waals surface area contributed by atoms with E-state index in [0.29, 0.717) is 35.0 Å². The van der Waals surface area contributed by atoms with Gasteiger partial charge in [0.1, 0.15) is 11.8 Å². The lowest BCUT2D eigenvalue weighted by Crippen LogP contribution is -2.45. The van der Waals surface area contributed by atoms with Crippen molar-refractivity contribution in [3.05, 3.63) is 108 Å². The van der Waals surface area contributed by atoms with Crippen molar-refractivity contribution in [2.45, 2.75) is 26.4 Å². The number of methoxy groups -OCH3 is 1. The summed E-state index contributed by atoms with van der Waals surface area (Å²) in [7, 11) is 1.34. The van der Waals surface area contributed by atoms with Crippen LogP contribution in [0.2, 0.25) is 0 Å². The SMILES string of the molecule is COC(=O)C(C(C)C)N1Cc2ccc(-c3ccc(NC(=O)Nc4ccccc4Oc4ccccc4)cc3)cc2C1=O. The van der Waals surface area contributed by atoms with Crippen molar-refractivity contribution in [1.29, 1.82) is 0 Å². The monoisotopic (exact) mass is 549 g/mol. The van der Waals surface area contributed by atoms with Crippen LogP contribution in [0.5, 0.6) is 11.5 Å². The molecule has 41 heavy (non-hydrogen) atoms. The first-order valence-corrected chi connectivity index (χ1v) is 13.4. The lowest BCUT2D eigenvalue weighted by atomic mass is 10.00. The molecule has 0 aromatic heterocycles. The summed E-state index contributed by atoms with van der Waals surface area (Å²) in [4.78, 5) is 40.0. The average Bonchev–Trinajstić information content (AvgIpc) is 3.29. The molecule has 0 spiro atoms. The van der Waals surface area contributed by atoms with E-state index in [1.807, 2.05) is 86.6 Å². The average molecular weight is 550 g/mol. The lowest BCUT2D eigenvalue weighted by Gasteiger charge is -2.28. The number of urea groups is 1. The first-order chi connectivity index (χ1) is 19.8. The number of nitrogens with zero attached hydrogens (tertiary/aromatic N) is 1. The summed E-state index contributed by atoms with van der Waals surface area (Å²) in [5.74, 6) is 0.516. The third-order valence-electron chi connectivity index (χ3n) is 6.93. The maximum Gasteiger partial charge on any atom is 0.328 e. The van der Waals surface area contributed by atoms with Crippen molar-refractivity contribution < 1.29 is 23.9 Å². The predicted octanol–water partition coefficient (Wildman–Crippen LogP) is 6.94. The van der Waals surface area contributed by atoms with E-state index in [0.717, 1.165) is 16.7 Å². The fourth-order valence-electron chi connectivity index (χ4n) is 4.91. The van der Waals surface area contributed by atoms with Crippen LogP contribution in [0.15, 0.2) is 97.1 Å². The molecule has 1 aliphatic rings. The number of anilines is 2. The second-order valence-electron chi connectivity index (χ2n) is 10.1. The number of benzene rings is 4. The smallest absolute Gasteiger partial charge is 0.328 e. The van der Waals surface area contributed by atoms with Crippen molar-refractivity contribution in [2.24, 2.45) is 5.92 Å². The van der Waals surface area contributed by atoms with Gasteiger partial charge < -0.3 is 25.0 Å². The van der Waals surface area contributed by atoms with Gasteiger partial charge in [-0.15, -0.1) is 0 Å². The van der Waals surface area contributed by atoms with Crippen LogP contribution in [0.4, 0.5) is 16.2 Å². The van der Waals surface area contributed by atoms with Crippen LogP contribution in [0.1, 0.15) is 29.8 Å². The summed E-state index contributed by atoms with van der Waals surface area (Å²) in [5, 5.41) is 5.69. The molecule has 4 aromatic carbocycles. The summed E-state index contributed by atoms with van der Waals surface area (Å²) in [5.41, 5.74) is 4.35. The second kappa shape index (κ2) is 12.0. The topological polar surface area (TPSA) is 97.0 Å². The number of carbonyl (C=O) groups excluding carboxylic acids is 3. The van der Waals surface area contributed by atoms with E-state index in [4.69, 9.17) is 9.47 Å². The Morgan fingerprint density at radius 2 is 1.51 bits per heavy atom. The number of fused-ring (bicyclic) bond motifs is 1. The van der Waals surface area contributed by atoms with E-state index in [2.05, 4.69) is 10.6 Å². The maximum absolute atomic E-state index is 13.3. The molecule has 0 fully saturated rings. The van der Waals surface area contributed by atoms with Gasteiger partial charge in [0, 0.05) is 17.8 Å². The molecule has 1 heterocycles. The highest BCUT2D eigenvalue weighted by Crippen LogP contribution is 2.32. The van der Waals surface area contributed by atoms with E-state index < -0.39 is 18.0 Å². The van der Waals surface area contributed by atoms with Crippen molar-refractivity contribution in [1.82, 2.24) is 4.90 Å². The zero-order chi connectivity index (χ0) is 28.9. The number of carbonyl (C=O) groups is 3. The predicted molar refractivity (Wildman–Crippen MR) is 158 cm³/mol. The first kappa shape index (κ1) is 27.5. The van der Waals surface area contributed by atoms with Crippen LogP contribution in [0, 0.1) is 5.92 Å². The van der Waals surface area contributed by atoms with Crippen LogP contribution >= 0.6 is 0 Å². The van der Waals surface area contributed by atoms with E-state index in [1.54, 1.807) is 29.2 Å². The molecular weight excluding hydrogens is 518 g/mol. The molecule has 8 nitrogen and oxygen atoms in total. The largest absolute Gasteiger partial charge is 0.467 e. The molecule has 2 N–H and O–H groups in total.